The molecular formula is C58H45N5Si. The molecule has 306 valence electrons. The first-order valence-corrected chi connectivity index (χ1v) is 24.1. The highest BCUT2D eigenvalue weighted by atomic mass is 28.3. The van der Waals surface area contributed by atoms with E-state index in [1.165, 1.54) is 53.7 Å². The Morgan fingerprint density at radius 3 is 1.83 bits per heavy atom. The number of hydrogen-bond donors (Lipinski definition) is 0. The first-order chi connectivity index (χ1) is 31.4. The van der Waals surface area contributed by atoms with Gasteiger partial charge in [-0.2, -0.15) is 0 Å². The highest BCUT2D eigenvalue weighted by Gasteiger charge is 2.44. The van der Waals surface area contributed by atoms with Crippen LogP contribution in [0.5, 0.6) is 0 Å². The monoisotopic (exact) mass is 839 g/mol. The zero-order valence-electron chi connectivity index (χ0n) is 36.0. The normalized spacial score (nSPS) is 13.3. The molecule has 0 N–H and O–H groups in total. The number of rotatable bonds is 7. The number of imidazole rings is 1. The summed E-state index contributed by atoms with van der Waals surface area (Å²) in [5.41, 5.74) is 11.0. The fraction of sp³-hybridized carbons (Fsp3) is 0.0690. The van der Waals surface area contributed by atoms with Gasteiger partial charge in [0.15, 0.2) is 8.07 Å². The average molecular weight is 840 g/mol. The van der Waals surface area contributed by atoms with Crippen molar-refractivity contribution in [3.05, 3.63) is 230 Å². The van der Waals surface area contributed by atoms with Crippen LogP contribution in [-0.4, -0.2) is 27.2 Å². The second kappa shape index (κ2) is 14.7. The van der Waals surface area contributed by atoms with Crippen molar-refractivity contribution < 1.29 is 0 Å². The predicted octanol–water partition coefficient (Wildman–Crippen LogP) is 11.2. The molecule has 0 atom stereocenters. The summed E-state index contributed by atoms with van der Waals surface area (Å²) in [6, 6.07) is 78.1. The fourth-order valence-corrected chi connectivity index (χ4v) is 15.5. The quantitative estimate of drug-likeness (QED) is 0.119. The molecule has 3 aromatic heterocycles. The molecule has 0 radical (unpaired) electrons. The van der Waals surface area contributed by atoms with E-state index in [0.29, 0.717) is 0 Å². The Kier molecular flexibility index (Phi) is 8.68. The highest BCUT2D eigenvalue weighted by molar-refractivity contribution is 7.20. The van der Waals surface area contributed by atoms with Crippen LogP contribution in [0.1, 0.15) is 25.0 Å². The van der Waals surface area contributed by atoms with Gasteiger partial charge >= 0.3 is 0 Å². The second-order valence-electron chi connectivity index (χ2n) is 17.5. The molecule has 0 amide bonds. The molecule has 0 unspecified atom stereocenters. The van der Waals surface area contributed by atoms with Crippen LogP contribution in [-0.2, 0) is 12.5 Å². The predicted molar refractivity (Wildman–Crippen MR) is 269 cm³/mol. The first kappa shape index (κ1) is 37.9. The van der Waals surface area contributed by atoms with E-state index in [9.17, 15) is 0 Å². The summed E-state index contributed by atoms with van der Waals surface area (Å²) in [6.45, 7) is 4.70. The Morgan fingerprint density at radius 2 is 1.09 bits per heavy atom. The summed E-state index contributed by atoms with van der Waals surface area (Å²) in [5.74, 6) is 1.90. The van der Waals surface area contributed by atoms with E-state index in [-0.39, 0.29) is 5.41 Å². The summed E-state index contributed by atoms with van der Waals surface area (Å²) in [5, 5.41) is 7.63. The van der Waals surface area contributed by atoms with Crippen molar-refractivity contribution in [2.45, 2.75) is 19.3 Å². The smallest absolute Gasteiger partial charge is 0.179 e. The molecule has 12 rings (SSSR count). The maximum absolute atomic E-state index is 5.29. The van der Waals surface area contributed by atoms with Gasteiger partial charge in [0.25, 0.3) is 0 Å². The summed E-state index contributed by atoms with van der Waals surface area (Å²) in [4.78, 5) is 12.9. The van der Waals surface area contributed by atoms with Crippen LogP contribution in [0.25, 0.3) is 49.9 Å². The molecule has 0 bridgehead atoms. The van der Waals surface area contributed by atoms with Gasteiger partial charge < -0.3 is 9.13 Å². The summed E-state index contributed by atoms with van der Waals surface area (Å²) < 4.78 is 4.68. The van der Waals surface area contributed by atoms with Crippen LogP contribution < -0.4 is 25.6 Å². The summed E-state index contributed by atoms with van der Waals surface area (Å²) in [7, 11) is -0.937. The van der Waals surface area contributed by atoms with Crippen molar-refractivity contribution in [2.75, 3.05) is 4.90 Å². The van der Waals surface area contributed by atoms with Crippen LogP contribution in [0.3, 0.4) is 0 Å². The molecule has 11 aromatic rings. The van der Waals surface area contributed by atoms with E-state index in [0.717, 1.165) is 45.3 Å². The number of aryl methyl sites for hydroxylation is 1. The summed E-state index contributed by atoms with van der Waals surface area (Å²) >= 11 is 0. The number of para-hydroxylation sites is 4. The third-order valence-electron chi connectivity index (χ3n) is 13.7. The Labute approximate surface area is 374 Å². The Bertz CT molecular complexity index is 3510. The van der Waals surface area contributed by atoms with Crippen LogP contribution in [0.4, 0.5) is 17.2 Å². The molecular weight excluding hydrogens is 795 g/mol. The standard InChI is InChI=1S/C58H45N5Si/c1-58(2)49-36-35-48-47-30-13-15-33-52(47)62(41-21-7-4-8-22-41)54(48)55(49)63(57-50(58)31-19-37-59-57)42-23-18-29-46(39-42)64(43-24-9-5-10-25-43,44-26-11-6-12-27-44)45-28-17-20-40(38-45)56-60-51-32-14-16-34-53(51)61(56)3/h4-39H,1-3H3. The van der Waals surface area contributed by atoms with Crippen LogP contribution in [0, 0.1) is 0 Å². The van der Waals surface area contributed by atoms with Gasteiger partial charge in [0.2, 0.25) is 0 Å². The van der Waals surface area contributed by atoms with Gasteiger partial charge in [-0.15, -0.1) is 0 Å². The van der Waals surface area contributed by atoms with Gasteiger partial charge in [0.1, 0.15) is 11.6 Å². The SMILES string of the molecule is Cn1c(-c2cccc([Si](c3ccccc3)(c3ccccc3)c3cccc(N4c5ncccc5C(C)(C)c5ccc6c7ccccc7n(-c7ccccc7)c6c54)c3)c2)nc2ccccc21. The molecule has 5 nitrogen and oxygen atoms in total. The van der Waals surface area contributed by atoms with Gasteiger partial charge in [0, 0.05) is 51.9 Å². The molecule has 0 fully saturated rings. The van der Waals surface area contributed by atoms with Gasteiger partial charge in [-0.1, -0.05) is 178 Å². The third kappa shape index (κ3) is 5.55. The van der Waals surface area contributed by atoms with Crippen LogP contribution >= 0.6 is 0 Å². The number of pyridine rings is 1. The third-order valence-corrected chi connectivity index (χ3v) is 18.4. The number of anilines is 3. The molecule has 4 heterocycles. The molecule has 0 spiro atoms. The highest BCUT2D eigenvalue weighted by Crippen LogP contribution is 2.54. The first-order valence-electron chi connectivity index (χ1n) is 22.1. The molecule has 64 heavy (non-hydrogen) atoms. The lowest BCUT2D eigenvalue weighted by molar-refractivity contribution is 0.628. The van der Waals surface area contributed by atoms with Gasteiger partial charge in [0.05, 0.1) is 27.8 Å². The number of hydrogen-bond acceptors (Lipinski definition) is 3. The van der Waals surface area contributed by atoms with Crippen LogP contribution in [0.2, 0.25) is 0 Å². The molecule has 0 saturated carbocycles. The molecule has 1 aliphatic rings. The number of nitrogens with zero attached hydrogens (tertiary/aromatic N) is 5. The van der Waals surface area contributed by atoms with Gasteiger partial charge in [-0.05, 0) is 74.8 Å². The van der Waals surface area contributed by atoms with Crippen molar-refractivity contribution >= 4 is 78.9 Å². The van der Waals surface area contributed by atoms with Crippen molar-refractivity contribution in [3.63, 3.8) is 0 Å². The second-order valence-corrected chi connectivity index (χ2v) is 21.3. The van der Waals surface area contributed by atoms with E-state index in [1.54, 1.807) is 0 Å². The Balaban J connectivity index is 1.17. The largest absolute Gasteiger partial charge is 0.327 e. The minimum absolute atomic E-state index is 0.331. The fourth-order valence-electron chi connectivity index (χ4n) is 10.7. The summed E-state index contributed by atoms with van der Waals surface area (Å²) in [6.07, 6.45) is 1.95. The van der Waals surface area contributed by atoms with E-state index < -0.39 is 8.07 Å². The lowest BCUT2D eigenvalue weighted by Crippen LogP contribution is -2.74. The number of benzene rings is 8. The van der Waals surface area contributed by atoms with E-state index in [1.807, 2.05) is 6.20 Å². The molecule has 0 saturated heterocycles. The molecule has 6 heteroatoms. The lowest BCUT2D eigenvalue weighted by Gasteiger charge is -2.42. The minimum Gasteiger partial charge on any atom is -0.327 e. The van der Waals surface area contributed by atoms with E-state index in [2.05, 4.69) is 247 Å². The topological polar surface area (TPSA) is 38.9 Å². The van der Waals surface area contributed by atoms with Crippen molar-refractivity contribution in [3.8, 4) is 17.1 Å². The molecule has 8 aromatic carbocycles. The van der Waals surface area contributed by atoms with Crippen molar-refractivity contribution in [1.29, 1.82) is 0 Å². The van der Waals surface area contributed by atoms with E-state index in [4.69, 9.17) is 9.97 Å². The number of aromatic nitrogens is 4. The van der Waals surface area contributed by atoms with Crippen molar-refractivity contribution in [1.82, 2.24) is 19.1 Å². The van der Waals surface area contributed by atoms with Crippen molar-refractivity contribution in [2.24, 2.45) is 7.05 Å². The number of fused-ring (bicyclic) bond motifs is 7. The van der Waals surface area contributed by atoms with E-state index >= 15 is 0 Å². The molecule has 0 aliphatic carbocycles. The minimum atomic E-state index is -3.06. The Hall–Kier alpha value is -7.80. The zero-order valence-corrected chi connectivity index (χ0v) is 37.0. The maximum Gasteiger partial charge on any atom is 0.179 e. The van der Waals surface area contributed by atoms with Gasteiger partial charge in [-0.25, -0.2) is 9.97 Å². The van der Waals surface area contributed by atoms with Crippen LogP contribution in [0.15, 0.2) is 219 Å². The Morgan fingerprint density at radius 1 is 0.484 bits per heavy atom. The van der Waals surface area contributed by atoms with Gasteiger partial charge in [-0.3, -0.25) is 4.90 Å². The lowest BCUT2D eigenvalue weighted by atomic mass is 9.74. The average Bonchev–Trinajstić information content (AvgIpc) is 3.88. The molecule has 1 aliphatic heterocycles. The maximum atomic E-state index is 5.29. The zero-order chi connectivity index (χ0) is 43.0.